The molecule has 1 amide bonds. The number of H-pyrrole nitrogens is 1. The molecule has 1 atom stereocenters. The predicted octanol–water partition coefficient (Wildman–Crippen LogP) is 1.54. The van der Waals surface area contributed by atoms with Crippen LogP contribution in [-0.4, -0.2) is 16.0 Å². The summed E-state index contributed by atoms with van der Waals surface area (Å²) in [4.78, 5) is 14.1. The Labute approximate surface area is 93.1 Å². The molecule has 1 unspecified atom stereocenters. The number of phenolic OH excluding ortho intramolecular Hbond substituents is 1. The van der Waals surface area contributed by atoms with Crippen LogP contribution < -0.4 is 5.73 Å². The predicted molar refractivity (Wildman–Crippen MR) is 62.0 cm³/mol. The van der Waals surface area contributed by atoms with E-state index in [0.717, 1.165) is 16.5 Å². The zero-order valence-electron chi connectivity index (χ0n) is 9.03. The van der Waals surface area contributed by atoms with Crippen LogP contribution in [0.1, 0.15) is 12.5 Å². The van der Waals surface area contributed by atoms with Crippen molar-refractivity contribution < 1.29 is 9.90 Å². The monoisotopic (exact) mass is 218 g/mol. The number of aromatic amines is 1. The molecule has 2 aromatic rings. The van der Waals surface area contributed by atoms with Crippen molar-refractivity contribution >= 4 is 16.8 Å². The Kier molecular flexibility index (Phi) is 2.56. The molecule has 4 N–H and O–H groups in total. The number of phenols is 1. The highest BCUT2D eigenvalue weighted by Crippen LogP contribution is 2.24. The van der Waals surface area contributed by atoms with Gasteiger partial charge in [0.1, 0.15) is 5.75 Å². The van der Waals surface area contributed by atoms with Crippen molar-refractivity contribution in [2.45, 2.75) is 13.3 Å². The van der Waals surface area contributed by atoms with Crippen LogP contribution >= 0.6 is 0 Å². The maximum absolute atomic E-state index is 11.0. The van der Waals surface area contributed by atoms with E-state index in [1.165, 1.54) is 0 Å². The lowest BCUT2D eigenvalue weighted by Crippen LogP contribution is -2.22. The summed E-state index contributed by atoms with van der Waals surface area (Å²) in [5, 5.41) is 10.3. The van der Waals surface area contributed by atoms with Crippen molar-refractivity contribution in [3.63, 3.8) is 0 Å². The van der Waals surface area contributed by atoms with Crippen molar-refractivity contribution in [1.29, 1.82) is 0 Å². The second kappa shape index (κ2) is 3.89. The molecule has 16 heavy (non-hydrogen) atoms. The Morgan fingerprint density at radius 1 is 1.56 bits per heavy atom. The zero-order valence-corrected chi connectivity index (χ0v) is 9.03. The molecule has 0 saturated carbocycles. The van der Waals surface area contributed by atoms with Crippen molar-refractivity contribution in [3.8, 4) is 5.75 Å². The number of amides is 1. The van der Waals surface area contributed by atoms with Crippen molar-refractivity contribution in [2.75, 3.05) is 0 Å². The number of hydrogen-bond acceptors (Lipinski definition) is 2. The first kappa shape index (κ1) is 10.5. The molecule has 4 heteroatoms. The third kappa shape index (κ3) is 1.86. The van der Waals surface area contributed by atoms with Gasteiger partial charge in [-0.2, -0.15) is 0 Å². The Hall–Kier alpha value is -1.97. The van der Waals surface area contributed by atoms with Gasteiger partial charge in [-0.25, -0.2) is 0 Å². The van der Waals surface area contributed by atoms with Crippen LogP contribution in [0, 0.1) is 5.92 Å². The highest BCUT2D eigenvalue weighted by molar-refractivity contribution is 5.85. The molecule has 0 bridgehead atoms. The fourth-order valence-corrected chi connectivity index (χ4v) is 1.77. The molecule has 1 aromatic carbocycles. The minimum atomic E-state index is -0.311. The number of aromatic hydroxyl groups is 1. The summed E-state index contributed by atoms with van der Waals surface area (Å²) in [6, 6.07) is 5.12. The van der Waals surface area contributed by atoms with Gasteiger partial charge in [0, 0.05) is 23.0 Å². The lowest BCUT2D eigenvalue weighted by molar-refractivity contribution is -0.121. The van der Waals surface area contributed by atoms with Crippen LogP contribution in [0.3, 0.4) is 0 Å². The lowest BCUT2D eigenvalue weighted by atomic mass is 10.0. The van der Waals surface area contributed by atoms with Crippen LogP contribution in [0.15, 0.2) is 24.4 Å². The molecule has 2 rings (SSSR count). The van der Waals surface area contributed by atoms with Gasteiger partial charge in [-0.15, -0.1) is 0 Å². The number of carbonyl (C=O) groups excluding carboxylic acids is 1. The number of aromatic nitrogens is 1. The summed E-state index contributed by atoms with van der Waals surface area (Å²) in [5.41, 5.74) is 7.17. The van der Waals surface area contributed by atoms with E-state index < -0.39 is 0 Å². The number of fused-ring (bicyclic) bond motifs is 1. The summed E-state index contributed by atoms with van der Waals surface area (Å²) in [5.74, 6) is -0.295. The molecular formula is C12H14N2O2. The molecule has 1 aromatic heterocycles. The SMILES string of the molecule is CC(Cc1c[nH]c2ccc(O)cc12)C(N)=O. The van der Waals surface area contributed by atoms with Gasteiger partial charge in [0.15, 0.2) is 0 Å². The minimum absolute atomic E-state index is 0.207. The van der Waals surface area contributed by atoms with Gasteiger partial charge >= 0.3 is 0 Å². The molecule has 0 aliphatic rings. The molecule has 0 fully saturated rings. The smallest absolute Gasteiger partial charge is 0.220 e. The average Bonchev–Trinajstić information content (AvgIpc) is 2.61. The number of benzene rings is 1. The second-order valence-electron chi connectivity index (χ2n) is 4.05. The van der Waals surface area contributed by atoms with E-state index in [9.17, 15) is 9.90 Å². The number of primary amides is 1. The number of rotatable bonds is 3. The third-order valence-electron chi connectivity index (χ3n) is 2.76. The van der Waals surface area contributed by atoms with Gasteiger partial charge in [-0.05, 0) is 30.2 Å². The Bertz CT molecular complexity index is 531. The van der Waals surface area contributed by atoms with E-state index >= 15 is 0 Å². The summed E-state index contributed by atoms with van der Waals surface area (Å²) in [7, 11) is 0. The van der Waals surface area contributed by atoms with Crippen LogP contribution in [-0.2, 0) is 11.2 Å². The number of hydrogen-bond donors (Lipinski definition) is 3. The minimum Gasteiger partial charge on any atom is -0.508 e. The highest BCUT2D eigenvalue weighted by Gasteiger charge is 2.12. The first-order chi connectivity index (χ1) is 7.58. The lowest BCUT2D eigenvalue weighted by Gasteiger charge is -2.05. The molecular weight excluding hydrogens is 204 g/mol. The van der Waals surface area contributed by atoms with Crippen LogP contribution in [0.4, 0.5) is 0 Å². The van der Waals surface area contributed by atoms with Crippen LogP contribution in [0.2, 0.25) is 0 Å². The Morgan fingerprint density at radius 2 is 2.31 bits per heavy atom. The maximum Gasteiger partial charge on any atom is 0.220 e. The molecule has 0 aliphatic carbocycles. The van der Waals surface area contributed by atoms with E-state index in [0.29, 0.717) is 6.42 Å². The molecule has 84 valence electrons. The van der Waals surface area contributed by atoms with E-state index in [2.05, 4.69) is 4.98 Å². The topological polar surface area (TPSA) is 79.1 Å². The van der Waals surface area contributed by atoms with Crippen LogP contribution in [0.25, 0.3) is 10.9 Å². The van der Waals surface area contributed by atoms with E-state index in [4.69, 9.17) is 5.73 Å². The quantitative estimate of drug-likeness (QED) is 0.730. The molecule has 0 aliphatic heterocycles. The van der Waals surface area contributed by atoms with Gasteiger partial charge < -0.3 is 15.8 Å². The molecule has 0 saturated heterocycles. The van der Waals surface area contributed by atoms with Crippen molar-refractivity contribution in [3.05, 3.63) is 30.0 Å². The van der Waals surface area contributed by atoms with Gasteiger partial charge in [0.25, 0.3) is 0 Å². The molecule has 0 radical (unpaired) electrons. The first-order valence-corrected chi connectivity index (χ1v) is 5.16. The van der Waals surface area contributed by atoms with Crippen LogP contribution in [0.5, 0.6) is 5.75 Å². The zero-order chi connectivity index (χ0) is 11.7. The van der Waals surface area contributed by atoms with Gasteiger partial charge in [0.05, 0.1) is 0 Å². The number of nitrogens with one attached hydrogen (secondary N) is 1. The molecule has 0 spiro atoms. The first-order valence-electron chi connectivity index (χ1n) is 5.16. The van der Waals surface area contributed by atoms with E-state index in [1.54, 1.807) is 19.1 Å². The fraction of sp³-hybridized carbons (Fsp3) is 0.250. The average molecular weight is 218 g/mol. The summed E-state index contributed by atoms with van der Waals surface area (Å²) < 4.78 is 0. The number of nitrogens with two attached hydrogens (primary N) is 1. The highest BCUT2D eigenvalue weighted by atomic mass is 16.3. The number of carbonyl (C=O) groups is 1. The molecule has 1 heterocycles. The van der Waals surface area contributed by atoms with Gasteiger partial charge in [-0.1, -0.05) is 6.92 Å². The fourth-order valence-electron chi connectivity index (χ4n) is 1.77. The standard InChI is InChI=1S/C12H14N2O2/c1-7(12(13)16)4-8-6-14-11-3-2-9(15)5-10(8)11/h2-3,5-7,14-15H,4H2,1H3,(H2,13,16). The van der Waals surface area contributed by atoms with Crippen molar-refractivity contribution in [1.82, 2.24) is 4.98 Å². The van der Waals surface area contributed by atoms with E-state index in [1.807, 2.05) is 12.3 Å². The Balaban J connectivity index is 2.37. The largest absolute Gasteiger partial charge is 0.508 e. The maximum atomic E-state index is 11.0. The van der Waals surface area contributed by atoms with E-state index in [-0.39, 0.29) is 17.6 Å². The summed E-state index contributed by atoms with van der Waals surface area (Å²) >= 11 is 0. The normalized spacial score (nSPS) is 12.8. The Morgan fingerprint density at radius 3 is 3.00 bits per heavy atom. The van der Waals surface area contributed by atoms with Gasteiger partial charge in [-0.3, -0.25) is 4.79 Å². The third-order valence-corrected chi connectivity index (χ3v) is 2.76. The molecule has 4 nitrogen and oxygen atoms in total. The summed E-state index contributed by atoms with van der Waals surface area (Å²) in [6.45, 7) is 1.80. The second-order valence-corrected chi connectivity index (χ2v) is 4.05. The van der Waals surface area contributed by atoms with Gasteiger partial charge in [0.2, 0.25) is 5.91 Å². The summed E-state index contributed by atoms with van der Waals surface area (Å²) in [6.07, 6.45) is 2.43. The van der Waals surface area contributed by atoms with Crippen molar-refractivity contribution in [2.24, 2.45) is 11.7 Å².